The number of nitrogens with two attached hydrogens (primary N) is 1. The molecule has 0 aliphatic heterocycles. The minimum atomic E-state index is -0.571. The number of rotatable bonds is 5. The van der Waals surface area contributed by atoms with Gasteiger partial charge >= 0.3 is 0 Å². The van der Waals surface area contributed by atoms with E-state index in [1.807, 2.05) is 30.3 Å². The Morgan fingerprint density at radius 2 is 2.16 bits per heavy atom. The van der Waals surface area contributed by atoms with Crippen molar-refractivity contribution in [2.75, 3.05) is 0 Å². The molecular formula is C14H17N3O2. The molecule has 0 saturated heterocycles. The Balaban J connectivity index is 1.82. The predicted molar refractivity (Wildman–Crippen MR) is 71.2 cm³/mol. The molecule has 0 bridgehead atoms. The van der Waals surface area contributed by atoms with Crippen molar-refractivity contribution in [3.8, 4) is 0 Å². The highest BCUT2D eigenvalue weighted by atomic mass is 16.4. The summed E-state index contributed by atoms with van der Waals surface area (Å²) in [6.45, 7) is 2.06. The smallest absolute Gasteiger partial charge is 0.237 e. The third kappa shape index (κ3) is 3.93. The van der Waals surface area contributed by atoms with Gasteiger partial charge in [-0.2, -0.15) is 0 Å². The lowest BCUT2D eigenvalue weighted by Crippen LogP contribution is -2.41. The van der Waals surface area contributed by atoms with Gasteiger partial charge in [0.15, 0.2) is 0 Å². The van der Waals surface area contributed by atoms with Crippen molar-refractivity contribution < 1.29 is 9.21 Å². The Bertz CT molecular complexity index is 537. The summed E-state index contributed by atoms with van der Waals surface area (Å²) >= 11 is 0. The number of hydrogen-bond donors (Lipinski definition) is 2. The van der Waals surface area contributed by atoms with E-state index in [0.29, 0.717) is 12.3 Å². The van der Waals surface area contributed by atoms with Gasteiger partial charge in [0.25, 0.3) is 0 Å². The first-order valence-electron chi connectivity index (χ1n) is 6.13. The van der Waals surface area contributed by atoms with Crippen molar-refractivity contribution in [3.63, 3.8) is 0 Å². The van der Waals surface area contributed by atoms with E-state index >= 15 is 0 Å². The number of aryl methyl sites for hydroxylation is 1. The molecule has 5 heteroatoms. The lowest BCUT2D eigenvalue weighted by Gasteiger charge is -2.11. The highest BCUT2D eigenvalue weighted by Crippen LogP contribution is 2.03. The average Bonchev–Trinajstić information content (AvgIpc) is 2.83. The van der Waals surface area contributed by atoms with E-state index in [-0.39, 0.29) is 12.5 Å². The van der Waals surface area contributed by atoms with Crippen LogP contribution in [0, 0.1) is 6.92 Å². The third-order valence-corrected chi connectivity index (χ3v) is 2.72. The van der Waals surface area contributed by atoms with Crippen molar-refractivity contribution in [3.05, 3.63) is 53.7 Å². The first-order valence-corrected chi connectivity index (χ1v) is 6.13. The summed E-state index contributed by atoms with van der Waals surface area (Å²) in [7, 11) is 0. The fourth-order valence-corrected chi connectivity index (χ4v) is 1.74. The zero-order valence-corrected chi connectivity index (χ0v) is 10.8. The van der Waals surface area contributed by atoms with Gasteiger partial charge in [0.2, 0.25) is 11.8 Å². The molecule has 2 rings (SSSR count). The number of nitrogens with zero attached hydrogens (tertiary/aromatic N) is 1. The van der Waals surface area contributed by atoms with Crippen molar-refractivity contribution in [1.82, 2.24) is 10.3 Å². The lowest BCUT2D eigenvalue weighted by molar-refractivity contribution is -0.122. The molecule has 5 nitrogen and oxygen atoms in total. The van der Waals surface area contributed by atoms with Crippen LogP contribution in [-0.2, 0) is 17.8 Å². The molecule has 2 aromatic rings. The summed E-state index contributed by atoms with van der Waals surface area (Å²) in [5.74, 6) is 0.996. The second kappa shape index (κ2) is 6.15. The zero-order valence-electron chi connectivity index (χ0n) is 10.8. The number of amides is 1. The van der Waals surface area contributed by atoms with E-state index in [0.717, 1.165) is 11.3 Å². The van der Waals surface area contributed by atoms with Crippen molar-refractivity contribution in [2.45, 2.75) is 25.9 Å². The summed E-state index contributed by atoms with van der Waals surface area (Å²) in [5, 5.41) is 2.71. The quantitative estimate of drug-likeness (QED) is 0.844. The maximum atomic E-state index is 11.8. The highest BCUT2D eigenvalue weighted by Gasteiger charge is 2.14. The van der Waals surface area contributed by atoms with Gasteiger partial charge < -0.3 is 15.5 Å². The number of benzene rings is 1. The largest absolute Gasteiger partial charge is 0.444 e. The molecule has 1 amide bonds. The van der Waals surface area contributed by atoms with Crippen molar-refractivity contribution in [2.24, 2.45) is 5.73 Å². The van der Waals surface area contributed by atoms with E-state index in [2.05, 4.69) is 10.3 Å². The Kier molecular flexibility index (Phi) is 4.30. The van der Waals surface area contributed by atoms with Crippen LogP contribution in [0.5, 0.6) is 0 Å². The molecule has 1 heterocycles. The van der Waals surface area contributed by atoms with Crippen molar-refractivity contribution in [1.29, 1.82) is 0 Å². The molecule has 0 fully saturated rings. The Hall–Kier alpha value is -2.14. The van der Waals surface area contributed by atoms with Crippen LogP contribution in [0.4, 0.5) is 0 Å². The molecule has 0 radical (unpaired) electrons. The van der Waals surface area contributed by atoms with Gasteiger partial charge in [-0.05, 0) is 18.9 Å². The van der Waals surface area contributed by atoms with Gasteiger partial charge in [0.1, 0.15) is 5.76 Å². The third-order valence-electron chi connectivity index (χ3n) is 2.72. The minimum Gasteiger partial charge on any atom is -0.444 e. The highest BCUT2D eigenvalue weighted by molar-refractivity contribution is 5.81. The van der Waals surface area contributed by atoms with E-state index in [9.17, 15) is 4.79 Å². The minimum absolute atomic E-state index is 0.209. The van der Waals surface area contributed by atoms with Gasteiger partial charge in [-0.3, -0.25) is 4.79 Å². The second-order valence-electron chi connectivity index (χ2n) is 4.38. The van der Waals surface area contributed by atoms with Crippen LogP contribution in [0.15, 0.2) is 40.9 Å². The number of carbonyl (C=O) groups excluding carboxylic acids is 1. The number of carbonyl (C=O) groups is 1. The first kappa shape index (κ1) is 13.3. The van der Waals surface area contributed by atoms with Gasteiger partial charge in [0.05, 0.1) is 18.8 Å². The van der Waals surface area contributed by atoms with Crippen LogP contribution in [-0.4, -0.2) is 16.9 Å². The topological polar surface area (TPSA) is 81.2 Å². The first-order chi connectivity index (χ1) is 9.15. The Morgan fingerprint density at radius 3 is 2.79 bits per heavy atom. The maximum Gasteiger partial charge on any atom is 0.237 e. The summed E-state index contributed by atoms with van der Waals surface area (Å²) in [6.07, 6.45) is 2.13. The van der Waals surface area contributed by atoms with E-state index in [1.165, 1.54) is 0 Å². The molecule has 0 aliphatic rings. The Labute approximate surface area is 111 Å². The maximum absolute atomic E-state index is 11.8. The predicted octanol–water partition coefficient (Wildman–Crippen LogP) is 1.17. The monoisotopic (exact) mass is 259 g/mol. The summed E-state index contributed by atoms with van der Waals surface area (Å²) < 4.78 is 5.27. The van der Waals surface area contributed by atoms with Crippen LogP contribution in [0.1, 0.15) is 17.2 Å². The molecule has 100 valence electrons. The normalized spacial score (nSPS) is 12.1. The van der Waals surface area contributed by atoms with Gasteiger partial charge in [-0.1, -0.05) is 30.3 Å². The zero-order chi connectivity index (χ0) is 13.7. The van der Waals surface area contributed by atoms with Crippen LogP contribution in [0.25, 0.3) is 0 Å². The molecule has 0 aliphatic carbocycles. The van der Waals surface area contributed by atoms with Gasteiger partial charge in [0, 0.05) is 0 Å². The second-order valence-corrected chi connectivity index (χ2v) is 4.38. The molecule has 0 saturated carbocycles. The lowest BCUT2D eigenvalue weighted by atomic mass is 10.1. The number of nitrogens with one attached hydrogen (secondary N) is 1. The standard InChI is InChI=1S/C14H17N3O2/c1-10-8-16-13(19-10)9-17-14(18)12(15)7-11-5-3-2-4-6-11/h2-6,8,12H,7,9,15H2,1H3,(H,17,18)/t12-/m1/s1. The number of aromatic nitrogens is 1. The van der Waals surface area contributed by atoms with E-state index in [1.54, 1.807) is 13.1 Å². The van der Waals surface area contributed by atoms with E-state index in [4.69, 9.17) is 10.2 Å². The molecule has 0 unspecified atom stereocenters. The van der Waals surface area contributed by atoms with Crippen LogP contribution < -0.4 is 11.1 Å². The summed E-state index contributed by atoms with van der Waals surface area (Å²) in [6, 6.07) is 9.11. The SMILES string of the molecule is Cc1cnc(CNC(=O)[C@H](N)Cc2ccccc2)o1. The van der Waals surface area contributed by atoms with Crippen molar-refractivity contribution >= 4 is 5.91 Å². The molecule has 1 atom stereocenters. The molecule has 1 aromatic heterocycles. The molecule has 0 spiro atoms. The molecular weight excluding hydrogens is 242 g/mol. The summed E-state index contributed by atoms with van der Waals surface area (Å²) in [5.41, 5.74) is 6.89. The molecule has 1 aromatic carbocycles. The fraction of sp³-hybridized carbons (Fsp3) is 0.286. The number of oxazole rings is 1. The van der Waals surface area contributed by atoms with E-state index < -0.39 is 6.04 Å². The van der Waals surface area contributed by atoms with Gasteiger partial charge in [-0.25, -0.2) is 4.98 Å². The number of hydrogen-bond acceptors (Lipinski definition) is 4. The fourth-order valence-electron chi connectivity index (χ4n) is 1.74. The van der Waals surface area contributed by atoms with Crippen LogP contribution in [0.2, 0.25) is 0 Å². The van der Waals surface area contributed by atoms with Gasteiger partial charge in [-0.15, -0.1) is 0 Å². The van der Waals surface area contributed by atoms with Crippen LogP contribution >= 0.6 is 0 Å². The van der Waals surface area contributed by atoms with Crippen LogP contribution in [0.3, 0.4) is 0 Å². The summed E-state index contributed by atoms with van der Waals surface area (Å²) in [4.78, 5) is 15.8. The Morgan fingerprint density at radius 1 is 1.42 bits per heavy atom. The molecule has 19 heavy (non-hydrogen) atoms. The molecule has 3 N–H and O–H groups in total. The average molecular weight is 259 g/mol.